The normalized spacial score (nSPS) is 15.1. The van der Waals surface area contributed by atoms with Crippen LogP contribution < -0.4 is 14.8 Å². The number of nitrogens with one attached hydrogen (secondary N) is 2. The van der Waals surface area contributed by atoms with Gasteiger partial charge in [0.2, 0.25) is 12.7 Å². The maximum Gasteiger partial charge on any atom is 0.234 e. The summed E-state index contributed by atoms with van der Waals surface area (Å²) in [7, 11) is 0. The van der Waals surface area contributed by atoms with E-state index in [1.165, 1.54) is 16.3 Å². The summed E-state index contributed by atoms with van der Waals surface area (Å²) < 4.78 is 11.0. The van der Waals surface area contributed by atoms with Crippen molar-refractivity contribution in [3.05, 3.63) is 65.0 Å². The van der Waals surface area contributed by atoms with Gasteiger partial charge in [-0.2, -0.15) is 0 Å². The third kappa shape index (κ3) is 3.74. The van der Waals surface area contributed by atoms with Crippen LogP contribution in [0.1, 0.15) is 22.5 Å². The lowest BCUT2D eigenvalue weighted by Crippen LogP contribution is -2.41. The van der Waals surface area contributed by atoms with Gasteiger partial charge in [-0.25, -0.2) is 0 Å². The van der Waals surface area contributed by atoms with Crippen LogP contribution in [0.25, 0.3) is 21.8 Å². The van der Waals surface area contributed by atoms with Crippen LogP contribution in [0.3, 0.4) is 0 Å². The standard InChI is InChI=1S/C26H26N4O4/c31-10-8-27-24(32)14-30-9-7-18-21(13-30)28-20(11-16-5-6-22-23(12-16)34-15-33-22)26-25(18)17-3-1-2-4-19(17)29-26/h1-6,12,29,31H,7-11,13-15H2,(H,27,32). The largest absolute Gasteiger partial charge is 0.454 e. The lowest BCUT2D eigenvalue weighted by Gasteiger charge is -2.28. The third-order valence-electron chi connectivity index (χ3n) is 6.58. The molecule has 2 aliphatic heterocycles. The van der Waals surface area contributed by atoms with Crippen LogP contribution >= 0.6 is 0 Å². The molecular formula is C26H26N4O4. The van der Waals surface area contributed by atoms with E-state index >= 15 is 0 Å². The second kappa shape index (κ2) is 8.62. The number of aliphatic hydroxyl groups excluding tert-OH is 1. The molecule has 2 aromatic heterocycles. The number of nitrogens with zero attached hydrogens (tertiary/aromatic N) is 2. The summed E-state index contributed by atoms with van der Waals surface area (Å²) in [5.41, 5.74) is 6.54. The number of pyridine rings is 1. The first-order chi connectivity index (χ1) is 16.7. The number of rotatable bonds is 6. The van der Waals surface area contributed by atoms with Crippen LogP contribution in [0.4, 0.5) is 0 Å². The molecule has 0 saturated heterocycles. The van der Waals surface area contributed by atoms with Gasteiger partial charge < -0.3 is 24.9 Å². The van der Waals surface area contributed by atoms with Gasteiger partial charge in [-0.3, -0.25) is 14.7 Å². The number of H-pyrrole nitrogens is 1. The van der Waals surface area contributed by atoms with Gasteiger partial charge in [-0.15, -0.1) is 0 Å². The van der Waals surface area contributed by atoms with E-state index in [1.54, 1.807) is 0 Å². The first-order valence-corrected chi connectivity index (χ1v) is 11.6. The van der Waals surface area contributed by atoms with Crippen molar-refractivity contribution in [1.29, 1.82) is 0 Å². The van der Waals surface area contributed by atoms with Crippen molar-refractivity contribution in [2.24, 2.45) is 0 Å². The van der Waals surface area contributed by atoms with E-state index in [0.717, 1.165) is 52.4 Å². The topological polar surface area (TPSA) is 99.7 Å². The van der Waals surface area contributed by atoms with Crippen molar-refractivity contribution < 1.29 is 19.4 Å². The summed E-state index contributed by atoms with van der Waals surface area (Å²) in [5, 5.41) is 14.1. The van der Waals surface area contributed by atoms with Crippen LogP contribution in [0.2, 0.25) is 0 Å². The van der Waals surface area contributed by atoms with Gasteiger partial charge in [0, 0.05) is 42.3 Å². The molecule has 0 aliphatic carbocycles. The van der Waals surface area contributed by atoms with Crippen molar-refractivity contribution in [1.82, 2.24) is 20.2 Å². The van der Waals surface area contributed by atoms with Crippen LogP contribution in [0.15, 0.2) is 42.5 Å². The maximum atomic E-state index is 12.2. The Bertz CT molecular complexity index is 1400. The van der Waals surface area contributed by atoms with E-state index in [0.29, 0.717) is 19.5 Å². The minimum Gasteiger partial charge on any atom is -0.454 e. The highest BCUT2D eigenvalue weighted by atomic mass is 16.7. The van der Waals surface area contributed by atoms with Gasteiger partial charge in [0.05, 0.1) is 30.1 Å². The number of aromatic nitrogens is 2. The van der Waals surface area contributed by atoms with E-state index < -0.39 is 0 Å². The summed E-state index contributed by atoms with van der Waals surface area (Å²) in [4.78, 5) is 23.1. The number of hydrogen-bond donors (Lipinski definition) is 3. The fourth-order valence-electron chi connectivity index (χ4n) is 5.02. The zero-order chi connectivity index (χ0) is 23.1. The predicted octanol–water partition coefficient (Wildman–Crippen LogP) is 2.50. The van der Waals surface area contributed by atoms with Crippen molar-refractivity contribution in [3.8, 4) is 11.5 Å². The molecule has 4 heterocycles. The van der Waals surface area contributed by atoms with Gasteiger partial charge in [-0.1, -0.05) is 24.3 Å². The lowest BCUT2D eigenvalue weighted by molar-refractivity contribution is -0.122. The number of aromatic amines is 1. The molecule has 4 aromatic rings. The number of carbonyl (C=O) groups excluding carboxylic acids is 1. The molecule has 0 bridgehead atoms. The average Bonchev–Trinajstić information content (AvgIpc) is 3.47. The molecule has 0 atom stereocenters. The molecule has 2 aliphatic rings. The molecule has 8 nitrogen and oxygen atoms in total. The van der Waals surface area contributed by atoms with Crippen LogP contribution in [-0.2, 0) is 24.2 Å². The van der Waals surface area contributed by atoms with E-state index in [9.17, 15) is 4.79 Å². The lowest BCUT2D eigenvalue weighted by atomic mass is 9.96. The Morgan fingerprint density at radius 1 is 1.18 bits per heavy atom. The van der Waals surface area contributed by atoms with Crippen LogP contribution in [0.5, 0.6) is 11.5 Å². The second-order valence-electron chi connectivity index (χ2n) is 8.80. The fraction of sp³-hybridized carbons (Fsp3) is 0.308. The molecule has 174 valence electrons. The molecule has 2 aromatic carbocycles. The Morgan fingerprint density at radius 3 is 2.97 bits per heavy atom. The highest BCUT2D eigenvalue weighted by molar-refractivity contribution is 6.10. The number of amides is 1. The maximum absolute atomic E-state index is 12.2. The number of hydrogen-bond acceptors (Lipinski definition) is 6. The summed E-state index contributed by atoms with van der Waals surface area (Å²) >= 11 is 0. The molecule has 0 radical (unpaired) electrons. The van der Waals surface area contributed by atoms with Gasteiger partial charge in [-0.05, 0) is 35.7 Å². The molecular weight excluding hydrogens is 432 g/mol. The summed E-state index contributed by atoms with van der Waals surface area (Å²) in [5.74, 6) is 1.46. The third-order valence-corrected chi connectivity index (χ3v) is 6.58. The predicted molar refractivity (Wildman–Crippen MR) is 128 cm³/mol. The first kappa shape index (κ1) is 20.9. The quantitative estimate of drug-likeness (QED) is 0.411. The molecule has 0 saturated carbocycles. The SMILES string of the molecule is O=C(CN1CCc2c(nc(Cc3ccc4c(c3)OCO4)c3[nH]c4ccccc4c23)C1)NCCO. The highest BCUT2D eigenvalue weighted by Crippen LogP contribution is 2.36. The average molecular weight is 459 g/mol. The molecule has 1 amide bonds. The van der Waals surface area contributed by atoms with Crippen molar-refractivity contribution in [3.63, 3.8) is 0 Å². The van der Waals surface area contributed by atoms with Crippen molar-refractivity contribution in [2.75, 3.05) is 33.0 Å². The Morgan fingerprint density at radius 2 is 2.06 bits per heavy atom. The molecule has 34 heavy (non-hydrogen) atoms. The van der Waals surface area contributed by atoms with Crippen LogP contribution in [0, 0.1) is 0 Å². The Balaban J connectivity index is 1.39. The summed E-state index contributed by atoms with van der Waals surface area (Å²) in [6.07, 6.45) is 1.49. The minimum atomic E-state index is -0.0775. The van der Waals surface area contributed by atoms with Crippen molar-refractivity contribution >= 4 is 27.7 Å². The monoisotopic (exact) mass is 458 g/mol. The Labute approximate surface area is 196 Å². The zero-order valence-electron chi connectivity index (χ0n) is 18.8. The van der Waals surface area contributed by atoms with Gasteiger partial charge >= 0.3 is 0 Å². The first-order valence-electron chi connectivity index (χ1n) is 11.6. The van der Waals surface area contributed by atoms with E-state index in [-0.39, 0.29) is 25.9 Å². The minimum absolute atomic E-state index is 0.0576. The zero-order valence-corrected chi connectivity index (χ0v) is 18.8. The van der Waals surface area contributed by atoms with Crippen molar-refractivity contribution in [2.45, 2.75) is 19.4 Å². The molecule has 8 heteroatoms. The highest BCUT2D eigenvalue weighted by Gasteiger charge is 2.25. The van der Waals surface area contributed by atoms with E-state index in [2.05, 4.69) is 39.5 Å². The van der Waals surface area contributed by atoms with Gasteiger partial charge in [0.1, 0.15) is 0 Å². The molecule has 0 unspecified atom stereocenters. The number of benzene rings is 2. The number of ether oxygens (including phenoxy) is 2. The second-order valence-corrected chi connectivity index (χ2v) is 8.80. The Kier molecular flexibility index (Phi) is 5.31. The molecule has 6 rings (SSSR count). The van der Waals surface area contributed by atoms with Gasteiger partial charge in [0.15, 0.2) is 11.5 Å². The summed E-state index contributed by atoms with van der Waals surface area (Å²) in [6, 6.07) is 14.4. The Hall–Kier alpha value is -3.62. The number of para-hydroxylation sites is 1. The molecule has 0 spiro atoms. The molecule has 3 N–H and O–H groups in total. The van der Waals surface area contributed by atoms with Crippen LogP contribution in [-0.4, -0.2) is 58.9 Å². The number of fused-ring (bicyclic) bond motifs is 6. The smallest absolute Gasteiger partial charge is 0.234 e. The fourth-order valence-corrected chi connectivity index (χ4v) is 5.02. The summed E-state index contributed by atoms with van der Waals surface area (Å²) in [6.45, 7) is 2.17. The van der Waals surface area contributed by atoms with E-state index in [1.807, 2.05) is 18.2 Å². The van der Waals surface area contributed by atoms with E-state index in [4.69, 9.17) is 19.6 Å². The van der Waals surface area contributed by atoms with Gasteiger partial charge in [0.25, 0.3) is 0 Å². The number of carbonyl (C=O) groups is 1. The number of aliphatic hydroxyl groups is 1. The molecule has 0 fully saturated rings.